The Labute approximate surface area is 153 Å². The molecule has 1 aromatic rings. The van der Waals surface area contributed by atoms with Gasteiger partial charge in [-0.3, -0.25) is 14.4 Å². The summed E-state index contributed by atoms with van der Waals surface area (Å²) in [5.41, 5.74) is -0.491. The number of amides is 2. The fourth-order valence-electron chi connectivity index (χ4n) is 4.92. The van der Waals surface area contributed by atoms with E-state index in [0.717, 1.165) is 32.2 Å². The lowest BCUT2D eigenvalue weighted by atomic mass is 9.77. The van der Waals surface area contributed by atoms with Crippen molar-refractivity contribution in [1.82, 2.24) is 9.80 Å². The minimum Gasteiger partial charge on any atom is -0.461 e. The Morgan fingerprint density at radius 2 is 1.88 bits per heavy atom. The summed E-state index contributed by atoms with van der Waals surface area (Å²) in [5, 5.41) is 0. The van der Waals surface area contributed by atoms with Crippen LogP contribution in [0.5, 0.6) is 0 Å². The molecule has 0 N–H and O–H groups in total. The number of piperidine rings is 1. The molecule has 6 heteroatoms. The van der Waals surface area contributed by atoms with Crippen LogP contribution in [0.15, 0.2) is 22.8 Å². The van der Waals surface area contributed by atoms with Crippen molar-refractivity contribution in [3.8, 4) is 0 Å². The van der Waals surface area contributed by atoms with E-state index in [2.05, 4.69) is 4.90 Å². The highest BCUT2D eigenvalue weighted by Crippen LogP contribution is 2.42. The molecule has 1 aromatic heterocycles. The molecule has 6 nitrogen and oxygen atoms in total. The van der Waals surface area contributed by atoms with Crippen molar-refractivity contribution in [2.45, 2.75) is 57.4 Å². The number of carbonyl (C=O) groups excluding carboxylic acids is 3. The Hall–Kier alpha value is -2.11. The third-order valence-corrected chi connectivity index (χ3v) is 6.36. The third-order valence-electron chi connectivity index (χ3n) is 6.36. The van der Waals surface area contributed by atoms with Crippen molar-refractivity contribution >= 4 is 17.6 Å². The molecule has 2 saturated heterocycles. The Balaban J connectivity index is 1.46. The van der Waals surface area contributed by atoms with Crippen LogP contribution in [0.4, 0.5) is 0 Å². The van der Waals surface area contributed by atoms with Crippen LogP contribution in [-0.2, 0) is 9.59 Å². The number of carbonyl (C=O) groups is 3. The maximum absolute atomic E-state index is 13.3. The summed E-state index contributed by atoms with van der Waals surface area (Å²) in [6.45, 7) is 1.67. The fourth-order valence-corrected chi connectivity index (χ4v) is 4.92. The second-order valence-corrected chi connectivity index (χ2v) is 7.96. The fraction of sp³-hybridized carbons (Fsp3) is 0.650. The van der Waals surface area contributed by atoms with Crippen molar-refractivity contribution in [3.05, 3.63) is 24.2 Å². The highest BCUT2D eigenvalue weighted by atomic mass is 16.3. The van der Waals surface area contributed by atoms with Crippen LogP contribution < -0.4 is 0 Å². The van der Waals surface area contributed by atoms with E-state index in [-0.39, 0.29) is 11.7 Å². The van der Waals surface area contributed by atoms with Gasteiger partial charge in [0.1, 0.15) is 0 Å². The number of Topliss-reactive ketones (excluding diaryl/α,β-unsaturated/α-hetero) is 1. The lowest BCUT2D eigenvalue weighted by Crippen LogP contribution is -2.54. The monoisotopic (exact) mass is 358 g/mol. The maximum atomic E-state index is 13.3. The average Bonchev–Trinajstić information content (AvgIpc) is 3.35. The van der Waals surface area contributed by atoms with E-state index < -0.39 is 17.1 Å². The molecule has 26 heavy (non-hydrogen) atoms. The number of rotatable bonds is 3. The molecular weight excluding hydrogens is 332 g/mol. The van der Waals surface area contributed by atoms with Gasteiger partial charge in [0.05, 0.1) is 11.7 Å². The maximum Gasteiger partial charge on any atom is 0.298 e. The smallest absolute Gasteiger partial charge is 0.298 e. The molecule has 3 heterocycles. The Kier molecular flexibility index (Phi) is 4.59. The first-order valence-electron chi connectivity index (χ1n) is 9.79. The van der Waals surface area contributed by atoms with Gasteiger partial charge < -0.3 is 14.2 Å². The van der Waals surface area contributed by atoms with E-state index in [9.17, 15) is 14.4 Å². The number of hydrogen-bond donors (Lipinski definition) is 0. The van der Waals surface area contributed by atoms with E-state index in [4.69, 9.17) is 4.42 Å². The van der Waals surface area contributed by atoms with E-state index >= 15 is 0 Å². The molecule has 0 radical (unpaired) electrons. The summed E-state index contributed by atoms with van der Waals surface area (Å²) in [4.78, 5) is 41.8. The lowest BCUT2D eigenvalue weighted by molar-refractivity contribution is -0.149. The molecule has 4 rings (SSSR count). The number of likely N-dealkylation sites (tertiary alicyclic amines) is 2. The molecule has 1 spiro atoms. The molecule has 0 unspecified atom stereocenters. The number of ketones is 1. The Morgan fingerprint density at radius 3 is 2.62 bits per heavy atom. The topological polar surface area (TPSA) is 70.8 Å². The summed E-state index contributed by atoms with van der Waals surface area (Å²) in [7, 11) is 0. The SMILES string of the molecule is O=C(C(=O)N1CC[C@]2(CCCN(C3CCCCC3)C2=O)C1)c1ccco1. The normalized spacial score (nSPS) is 27.3. The van der Waals surface area contributed by atoms with Crippen molar-refractivity contribution in [2.75, 3.05) is 19.6 Å². The van der Waals surface area contributed by atoms with E-state index in [0.29, 0.717) is 25.6 Å². The van der Waals surface area contributed by atoms with E-state index in [1.54, 1.807) is 11.0 Å². The van der Waals surface area contributed by atoms with E-state index in [1.165, 1.54) is 31.6 Å². The van der Waals surface area contributed by atoms with Gasteiger partial charge in [-0.15, -0.1) is 0 Å². The zero-order valence-corrected chi connectivity index (χ0v) is 15.1. The van der Waals surface area contributed by atoms with Gasteiger partial charge in [-0.2, -0.15) is 0 Å². The Bertz CT molecular complexity index is 693. The highest BCUT2D eigenvalue weighted by Gasteiger charge is 2.51. The molecule has 3 fully saturated rings. The molecule has 2 amide bonds. The number of hydrogen-bond acceptors (Lipinski definition) is 4. The van der Waals surface area contributed by atoms with Gasteiger partial charge in [0.2, 0.25) is 5.91 Å². The van der Waals surface area contributed by atoms with Crippen molar-refractivity contribution in [2.24, 2.45) is 5.41 Å². The van der Waals surface area contributed by atoms with Gasteiger partial charge in [-0.05, 0) is 44.2 Å². The first-order valence-corrected chi connectivity index (χ1v) is 9.79. The van der Waals surface area contributed by atoms with Crippen LogP contribution >= 0.6 is 0 Å². The van der Waals surface area contributed by atoms with Crippen LogP contribution in [0.25, 0.3) is 0 Å². The van der Waals surface area contributed by atoms with Crippen LogP contribution in [0.1, 0.15) is 61.9 Å². The average molecular weight is 358 g/mol. The molecule has 1 aliphatic carbocycles. The van der Waals surface area contributed by atoms with Gasteiger partial charge in [-0.25, -0.2) is 0 Å². The van der Waals surface area contributed by atoms with Crippen molar-refractivity contribution in [3.63, 3.8) is 0 Å². The number of nitrogens with zero attached hydrogens (tertiary/aromatic N) is 2. The van der Waals surface area contributed by atoms with Gasteiger partial charge in [0.15, 0.2) is 5.76 Å². The molecule has 1 atom stereocenters. The standard InChI is InChI=1S/C20H26N2O4/c23-17(16-8-4-13-26-16)18(24)21-12-10-20(14-21)9-5-11-22(19(20)25)15-6-2-1-3-7-15/h4,8,13,15H,1-3,5-7,9-12,14H2/t20-/m1/s1. The van der Waals surface area contributed by atoms with Crippen molar-refractivity contribution < 1.29 is 18.8 Å². The van der Waals surface area contributed by atoms with Crippen LogP contribution in [-0.4, -0.2) is 53.1 Å². The summed E-state index contributed by atoms with van der Waals surface area (Å²) in [6.07, 6.45) is 9.70. The van der Waals surface area contributed by atoms with Gasteiger partial charge in [0.25, 0.3) is 11.7 Å². The molecule has 0 bridgehead atoms. The number of furan rings is 1. The second kappa shape index (κ2) is 6.89. The minimum atomic E-state index is -0.626. The summed E-state index contributed by atoms with van der Waals surface area (Å²) in [6, 6.07) is 3.46. The van der Waals surface area contributed by atoms with Crippen LogP contribution in [0, 0.1) is 5.41 Å². The first kappa shape index (κ1) is 17.3. The molecule has 3 aliphatic rings. The zero-order chi connectivity index (χ0) is 18.1. The second-order valence-electron chi connectivity index (χ2n) is 7.96. The zero-order valence-electron chi connectivity index (χ0n) is 15.1. The third kappa shape index (κ3) is 2.95. The predicted octanol–water partition coefficient (Wildman–Crippen LogP) is 2.64. The summed E-state index contributed by atoms with van der Waals surface area (Å²) >= 11 is 0. The summed E-state index contributed by atoms with van der Waals surface area (Å²) < 4.78 is 5.06. The van der Waals surface area contributed by atoms with Crippen LogP contribution in [0.2, 0.25) is 0 Å². The van der Waals surface area contributed by atoms with Crippen molar-refractivity contribution in [1.29, 1.82) is 0 Å². The Morgan fingerprint density at radius 1 is 1.08 bits per heavy atom. The van der Waals surface area contributed by atoms with E-state index in [1.807, 2.05) is 0 Å². The predicted molar refractivity (Wildman–Crippen MR) is 94.5 cm³/mol. The lowest BCUT2D eigenvalue weighted by Gasteiger charge is -2.44. The van der Waals surface area contributed by atoms with Gasteiger partial charge in [-0.1, -0.05) is 19.3 Å². The molecule has 140 valence electrons. The molecular formula is C20H26N2O4. The van der Waals surface area contributed by atoms with Gasteiger partial charge in [0, 0.05) is 25.7 Å². The van der Waals surface area contributed by atoms with Crippen LogP contribution in [0.3, 0.4) is 0 Å². The quantitative estimate of drug-likeness (QED) is 0.615. The molecule has 2 aliphatic heterocycles. The highest BCUT2D eigenvalue weighted by molar-refractivity contribution is 6.42. The van der Waals surface area contributed by atoms with Gasteiger partial charge >= 0.3 is 0 Å². The molecule has 0 aromatic carbocycles. The minimum absolute atomic E-state index is 0.0646. The largest absolute Gasteiger partial charge is 0.461 e. The summed E-state index contributed by atoms with van der Waals surface area (Å²) in [5.74, 6) is -0.912. The molecule has 1 saturated carbocycles. The first-order chi connectivity index (χ1) is 12.6.